The quantitative estimate of drug-likeness (QED) is 0.377. The molecule has 4 atom stereocenters. The molecule has 3 aliphatic rings. The molecule has 0 aromatic carbocycles. The second-order valence-electron chi connectivity index (χ2n) is 7.59. The number of aliphatic imine (C=N–C) groups is 1. The average Bonchev–Trinajstić information content (AvgIpc) is 3.10. The molecule has 0 amide bonds. The molecular weight excluding hydrogens is 437 g/mol. The molecule has 3 rings (SSSR count). The molecule has 0 spiro atoms. The van der Waals surface area contributed by atoms with E-state index >= 15 is 0 Å². The third kappa shape index (κ3) is 5.47. The van der Waals surface area contributed by atoms with Crippen molar-refractivity contribution in [3.8, 4) is 0 Å². The molecule has 1 heterocycles. The summed E-state index contributed by atoms with van der Waals surface area (Å²) in [5, 5.41) is 6.93. The number of fused-ring (bicyclic) bond motifs is 1. The molecule has 0 aromatic rings. The summed E-state index contributed by atoms with van der Waals surface area (Å²) >= 11 is 0. The normalized spacial score (nSPS) is 35.1. The highest BCUT2D eigenvalue weighted by Gasteiger charge is 2.34. The molecule has 1 saturated heterocycles. The predicted octanol–water partition coefficient (Wildman–Crippen LogP) is 2.56. The monoisotopic (exact) mass is 469 g/mol. The van der Waals surface area contributed by atoms with Crippen LogP contribution in [0.2, 0.25) is 0 Å². The van der Waals surface area contributed by atoms with Gasteiger partial charge < -0.3 is 10.6 Å². The van der Waals surface area contributed by atoms with Gasteiger partial charge in [0.1, 0.15) is 0 Å². The predicted molar refractivity (Wildman–Crippen MR) is 110 cm³/mol. The summed E-state index contributed by atoms with van der Waals surface area (Å²) in [4.78, 5) is 4.67. The first-order valence-corrected chi connectivity index (χ1v) is 11.1. The number of guanidine groups is 1. The van der Waals surface area contributed by atoms with Crippen molar-refractivity contribution < 1.29 is 8.42 Å². The minimum absolute atomic E-state index is 0. The van der Waals surface area contributed by atoms with Gasteiger partial charge in [0.15, 0.2) is 15.8 Å². The van der Waals surface area contributed by atoms with Crippen molar-refractivity contribution >= 4 is 39.8 Å². The molecule has 1 aliphatic heterocycles. The SMILES string of the molecule is CCNC(=NCC1CCS(=O)(=O)C1)NC1CCC2CCCC2C1.I. The number of nitrogens with one attached hydrogen (secondary N) is 2. The zero-order chi connectivity index (χ0) is 16.3. The molecule has 7 heteroatoms. The second-order valence-corrected chi connectivity index (χ2v) is 9.82. The van der Waals surface area contributed by atoms with Crippen molar-refractivity contribution in [3.05, 3.63) is 0 Å². The van der Waals surface area contributed by atoms with Crippen LogP contribution < -0.4 is 10.6 Å². The van der Waals surface area contributed by atoms with Crippen LogP contribution >= 0.6 is 24.0 Å². The van der Waals surface area contributed by atoms with E-state index in [-0.39, 0.29) is 29.9 Å². The summed E-state index contributed by atoms with van der Waals surface area (Å²) < 4.78 is 23.1. The lowest BCUT2D eigenvalue weighted by Gasteiger charge is -2.33. The molecule has 140 valence electrons. The lowest BCUT2D eigenvalue weighted by atomic mass is 9.79. The number of halogens is 1. The number of nitrogens with zero attached hydrogens (tertiary/aromatic N) is 1. The molecule has 2 saturated carbocycles. The van der Waals surface area contributed by atoms with Crippen LogP contribution in [0.4, 0.5) is 0 Å². The number of rotatable bonds is 4. The molecule has 24 heavy (non-hydrogen) atoms. The third-order valence-corrected chi connectivity index (χ3v) is 7.65. The summed E-state index contributed by atoms with van der Waals surface area (Å²) in [5.41, 5.74) is 0. The minimum Gasteiger partial charge on any atom is -0.357 e. The molecule has 2 N–H and O–H groups in total. The van der Waals surface area contributed by atoms with Gasteiger partial charge in [-0.15, -0.1) is 24.0 Å². The highest BCUT2D eigenvalue weighted by atomic mass is 127. The fourth-order valence-electron chi connectivity index (χ4n) is 4.58. The fourth-order valence-corrected chi connectivity index (χ4v) is 6.43. The van der Waals surface area contributed by atoms with E-state index in [2.05, 4.69) is 22.5 Å². The van der Waals surface area contributed by atoms with Crippen molar-refractivity contribution in [2.75, 3.05) is 24.6 Å². The van der Waals surface area contributed by atoms with Crippen LogP contribution in [0.15, 0.2) is 4.99 Å². The van der Waals surface area contributed by atoms with Gasteiger partial charge in [-0.05, 0) is 50.4 Å². The van der Waals surface area contributed by atoms with E-state index in [0.717, 1.165) is 30.8 Å². The van der Waals surface area contributed by atoms with Gasteiger partial charge in [0.2, 0.25) is 0 Å². The van der Waals surface area contributed by atoms with E-state index < -0.39 is 9.84 Å². The minimum atomic E-state index is -2.80. The second kappa shape index (κ2) is 9.05. The first-order chi connectivity index (χ1) is 11.1. The Hall–Kier alpha value is -0.0500. The van der Waals surface area contributed by atoms with Crippen LogP contribution in [0.3, 0.4) is 0 Å². The Morgan fingerprint density at radius 2 is 1.92 bits per heavy atom. The Bertz CT molecular complexity index is 538. The summed E-state index contributed by atoms with van der Waals surface area (Å²) in [6.45, 7) is 3.53. The van der Waals surface area contributed by atoms with E-state index in [0.29, 0.717) is 24.1 Å². The standard InChI is InChI=1S/C17H31N3O2S.HI/c1-2-18-17(19-11-13-8-9-23(21,22)12-13)20-16-7-6-14-4-3-5-15(14)10-16;/h13-16H,2-12H2,1H3,(H2,18,19,20);1H. The van der Waals surface area contributed by atoms with Gasteiger partial charge in [0.25, 0.3) is 0 Å². The van der Waals surface area contributed by atoms with Gasteiger partial charge in [0, 0.05) is 19.1 Å². The molecule has 4 unspecified atom stereocenters. The Labute approximate surface area is 163 Å². The first kappa shape index (κ1) is 20.3. The highest BCUT2D eigenvalue weighted by Crippen LogP contribution is 2.42. The Morgan fingerprint density at radius 3 is 2.62 bits per heavy atom. The van der Waals surface area contributed by atoms with Crippen LogP contribution in [0, 0.1) is 17.8 Å². The van der Waals surface area contributed by atoms with Gasteiger partial charge >= 0.3 is 0 Å². The molecule has 2 aliphatic carbocycles. The van der Waals surface area contributed by atoms with Crippen molar-refractivity contribution in [1.82, 2.24) is 10.6 Å². The Kier molecular flexibility index (Phi) is 7.64. The molecule has 3 fully saturated rings. The highest BCUT2D eigenvalue weighted by molar-refractivity contribution is 14.0. The van der Waals surface area contributed by atoms with Crippen LogP contribution in [-0.2, 0) is 9.84 Å². The van der Waals surface area contributed by atoms with Gasteiger partial charge in [-0.2, -0.15) is 0 Å². The van der Waals surface area contributed by atoms with Crippen molar-refractivity contribution in [3.63, 3.8) is 0 Å². The first-order valence-electron chi connectivity index (χ1n) is 9.31. The molecular formula is C17H32IN3O2S. The lowest BCUT2D eigenvalue weighted by Crippen LogP contribution is -2.46. The van der Waals surface area contributed by atoms with Crippen molar-refractivity contribution in [2.45, 2.75) is 57.9 Å². The van der Waals surface area contributed by atoms with Gasteiger partial charge in [-0.25, -0.2) is 8.42 Å². The van der Waals surface area contributed by atoms with Crippen LogP contribution in [0.25, 0.3) is 0 Å². The number of hydrogen-bond acceptors (Lipinski definition) is 3. The van der Waals surface area contributed by atoms with E-state index in [1.807, 2.05) is 0 Å². The number of sulfone groups is 1. The van der Waals surface area contributed by atoms with Crippen LogP contribution in [0.1, 0.15) is 51.9 Å². The van der Waals surface area contributed by atoms with E-state index in [1.165, 1.54) is 38.5 Å². The molecule has 0 radical (unpaired) electrons. The van der Waals surface area contributed by atoms with Gasteiger partial charge in [0.05, 0.1) is 11.5 Å². The van der Waals surface area contributed by atoms with E-state index in [1.54, 1.807) is 0 Å². The molecule has 0 aromatic heterocycles. The fraction of sp³-hybridized carbons (Fsp3) is 0.941. The maximum atomic E-state index is 11.6. The summed E-state index contributed by atoms with van der Waals surface area (Å²) in [6.07, 6.45) is 8.86. The lowest BCUT2D eigenvalue weighted by molar-refractivity contribution is 0.239. The number of hydrogen-bond donors (Lipinski definition) is 2. The van der Waals surface area contributed by atoms with E-state index in [9.17, 15) is 8.42 Å². The maximum Gasteiger partial charge on any atom is 0.191 e. The third-order valence-electron chi connectivity index (χ3n) is 5.81. The average molecular weight is 469 g/mol. The van der Waals surface area contributed by atoms with Crippen LogP contribution in [0.5, 0.6) is 0 Å². The maximum absolute atomic E-state index is 11.6. The zero-order valence-corrected chi connectivity index (χ0v) is 17.8. The summed E-state index contributed by atoms with van der Waals surface area (Å²) in [6, 6.07) is 0.527. The summed E-state index contributed by atoms with van der Waals surface area (Å²) in [5.74, 6) is 3.59. The molecule has 0 bridgehead atoms. The Morgan fingerprint density at radius 1 is 1.12 bits per heavy atom. The zero-order valence-electron chi connectivity index (χ0n) is 14.7. The Balaban J connectivity index is 0.00000208. The smallest absolute Gasteiger partial charge is 0.191 e. The topological polar surface area (TPSA) is 70.6 Å². The van der Waals surface area contributed by atoms with Gasteiger partial charge in [-0.3, -0.25) is 4.99 Å². The van der Waals surface area contributed by atoms with Crippen LogP contribution in [-0.4, -0.2) is 45.0 Å². The molecule has 5 nitrogen and oxygen atoms in total. The summed E-state index contributed by atoms with van der Waals surface area (Å²) in [7, 11) is -2.80. The van der Waals surface area contributed by atoms with E-state index in [4.69, 9.17) is 0 Å². The van der Waals surface area contributed by atoms with Crippen molar-refractivity contribution in [2.24, 2.45) is 22.7 Å². The largest absolute Gasteiger partial charge is 0.357 e. The van der Waals surface area contributed by atoms with Gasteiger partial charge in [-0.1, -0.05) is 19.3 Å². The van der Waals surface area contributed by atoms with Crippen molar-refractivity contribution in [1.29, 1.82) is 0 Å².